The summed E-state index contributed by atoms with van der Waals surface area (Å²) in [6.45, 7) is 0. The summed E-state index contributed by atoms with van der Waals surface area (Å²) in [5, 5.41) is 5.78. The van der Waals surface area contributed by atoms with Crippen LogP contribution >= 0.6 is 0 Å². The summed E-state index contributed by atoms with van der Waals surface area (Å²) in [4.78, 5) is 12.6. The van der Waals surface area contributed by atoms with Crippen molar-refractivity contribution >= 4 is 15.9 Å². The van der Waals surface area contributed by atoms with Crippen molar-refractivity contribution in [3.63, 3.8) is 0 Å². The lowest BCUT2D eigenvalue weighted by molar-refractivity contribution is 0.235. The van der Waals surface area contributed by atoms with E-state index in [1.807, 2.05) is 6.07 Å². The number of benzene rings is 2. The molecule has 4 rings (SSSR count). The SMILES string of the molecule is O=C(N[C@@H]1CCS(=O)(=O)c2ccccc21)N[C@@H]1C[C@@H]1c1cccc(F)c1. The van der Waals surface area contributed by atoms with Crippen LogP contribution in [0.25, 0.3) is 0 Å². The Morgan fingerprint density at radius 2 is 1.88 bits per heavy atom. The standard InChI is InChI=1S/C19H19FN2O3S/c20-13-5-3-4-12(10-13)15-11-17(15)22-19(23)21-16-8-9-26(24,25)18-7-2-1-6-14(16)18/h1-7,10,15-17H,8-9,11H2,(H2,21,22,23)/t15-,16-,17-/m1/s1. The Hall–Kier alpha value is -2.41. The number of nitrogens with one attached hydrogen (secondary N) is 2. The summed E-state index contributed by atoms with van der Waals surface area (Å²) < 4.78 is 37.6. The zero-order chi connectivity index (χ0) is 18.3. The van der Waals surface area contributed by atoms with Gasteiger partial charge in [0.15, 0.2) is 9.84 Å². The number of rotatable bonds is 3. The molecule has 136 valence electrons. The Morgan fingerprint density at radius 1 is 1.08 bits per heavy atom. The molecule has 0 spiro atoms. The molecule has 0 saturated heterocycles. The van der Waals surface area contributed by atoms with Gasteiger partial charge < -0.3 is 10.6 Å². The molecule has 5 nitrogen and oxygen atoms in total. The number of fused-ring (bicyclic) bond motifs is 1. The highest BCUT2D eigenvalue weighted by molar-refractivity contribution is 7.91. The number of halogens is 1. The van der Waals surface area contributed by atoms with E-state index in [0.717, 1.165) is 12.0 Å². The molecule has 0 aromatic heterocycles. The third kappa shape index (κ3) is 3.31. The fraction of sp³-hybridized carbons (Fsp3) is 0.316. The highest BCUT2D eigenvalue weighted by Crippen LogP contribution is 2.41. The molecule has 1 aliphatic heterocycles. The Labute approximate surface area is 151 Å². The van der Waals surface area contributed by atoms with Crippen LogP contribution in [-0.4, -0.2) is 26.2 Å². The van der Waals surface area contributed by atoms with Crippen molar-refractivity contribution in [3.05, 3.63) is 65.5 Å². The van der Waals surface area contributed by atoms with Gasteiger partial charge >= 0.3 is 6.03 Å². The van der Waals surface area contributed by atoms with Crippen LogP contribution in [0.2, 0.25) is 0 Å². The number of sulfone groups is 1. The van der Waals surface area contributed by atoms with E-state index in [4.69, 9.17) is 0 Å². The van der Waals surface area contributed by atoms with Crippen LogP contribution in [-0.2, 0) is 9.84 Å². The lowest BCUT2D eigenvalue weighted by atomic mass is 10.0. The first-order chi connectivity index (χ1) is 12.4. The maximum absolute atomic E-state index is 13.3. The van der Waals surface area contributed by atoms with Crippen molar-refractivity contribution in [2.45, 2.75) is 35.7 Å². The van der Waals surface area contributed by atoms with Crippen molar-refractivity contribution < 1.29 is 17.6 Å². The third-order valence-electron chi connectivity index (χ3n) is 4.99. The normalized spacial score (nSPS) is 25.8. The number of hydrogen-bond donors (Lipinski definition) is 2. The van der Waals surface area contributed by atoms with Crippen molar-refractivity contribution in [1.29, 1.82) is 0 Å². The van der Waals surface area contributed by atoms with Crippen LogP contribution < -0.4 is 10.6 Å². The van der Waals surface area contributed by atoms with Gasteiger partial charge in [-0.2, -0.15) is 0 Å². The van der Waals surface area contributed by atoms with E-state index in [1.54, 1.807) is 30.3 Å². The number of amides is 2. The second-order valence-electron chi connectivity index (χ2n) is 6.82. The molecule has 0 radical (unpaired) electrons. The summed E-state index contributed by atoms with van der Waals surface area (Å²) in [6.07, 6.45) is 1.12. The maximum atomic E-state index is 13.3. The van der Waals surface area contributed by atoms with Crippen molar-refractivity contribution in [2.24, 2.45) is 0 Å². The summed E-state index contributed by atoms with van der Waals surface area (Å²) in [6, 6.07) is 12.5. The predicted octanol–water partition coefficient (Wildman–Crippen LogP) is 2.90. The number of carbonyl (C=O) groups is 1. The monoisotopic (exact) mass is 374 g/mol. The average Bonchev–Trinajstić information content (AvgIpc) is 3.37. The van der Waals surface area contributed by atoms with Crippen molar-refractivity contribution in [1.82, 2.24) is 10.6 Å². The van der Waals surface area contributed by atoms with E-state index in [2.05, 4.69) is 10.6 Å². The molecule has 1 saturated carbocycles. The topological polar surface area (TPSA) is 75.3 Å². The van der Waals surface area contributed by atoms with E-state index in [9.17, 15) is 17.6 Å². The summed E-state index contributed by atoms with van der Waals surface area (Å²) in [7, 11) is -3.28. The molecule has 2 aliphatic rings. The Morgan fingerprint density at radius 3 is 2.69 bits per heavy atom. The average molecular weight is 374 g/mol. The molecule has 1 aliphatic carbocycles. The fourth-order valence-corrected chi connectivity index (χ4v) is 5.19. The number of carbonyl (C=O) groups excluding carboxylic acids is 1. The number of urea groups is 1. The van der Waals surface area contributed by atoms with Gasteiger partial charge in [-0.1, -0.05) is 30.3 Å². The summed E-state index contributed by atoms with van der Waals surface area (Å²) >= 11 is 0. The van der Waals surface area contributed by atoms with Crippen LogP contribution in [0.4, 0.5) is 9.18 Å². The van der Waals surface area contributed by atoms with Crippen LogP contribution in [0.1, 0.15) is 35.9 Å². The van der Waals surface area contributed by atoms with E-state index in [1.165, 1.54) is 12.1 Å². The first-order valence-electron chi connectivity index (χ1n) is 8.58. The van der Waals surface area contributed by atoms with Crippen LogP contribution in [0.15, 0.2) is 53.4 Å². The van der Waals surface area contributed by atoms with E-state index in [0.29, 0.717) is 16.9 Å². The van der Waals surface area contributed by atoms with Crippen LogP contribution in [0.5, 0.6) is 0 Å². The van der Waals surface area contributed by atoms with Gasteiger partial charge in [0, 0.05) is 12.0 Å². The first-order valence-corrected chi connectivity index (χ1v) is 10.2. The lowest BCUT2D eigenvalue weighted by Crippen LogP contribution is -2.41. The summed E-state index contributed by atoms with van der Waals surface area (Å²) in [5.41, 5.74) is 1.51. The molecular weight excluding hydrogens is 355 g/mol. The Bertz CT molecular complexity index is 961. The van der Waals surface area contributed by atoms with Crippen molar-refractivity contribution in [2.75, 3.05) is 5.75 Å². The fourth-order valence-electron chi connectivity index (χ4n) is 3.57. The molecule has 26 heavy (non-hydrogen) atoms. The Kier molecular flexibility index (Phi) is 4.19. The molecular formula is C19H19FN2O3S. The molecule has 0 bridgehead atoms. The quantitative estimate of drug-likeness (QED) is 0.867. The van der Waals surface area contributed by atoms with E-state index >= 15 is 0 Å². The second kappa shape index (κ2) is 6.39. The van der Waals surface area contributed by atoms with Gasteiger partial charge in [0.2, 0.25) is 0 Å². The zero-order valence-corrected chi connectivity index (χ0v) is 14.8. The zero-order valence-electron chi connectivity index (χ0n) is 14.0. The lowest BCUT2D eigenvalue weighted by Gasteiger charge is -2.26. The minimum absolute atomic E-state index is 0.0182. The number of hydrogen-bond acceptors (Lipinski definition) is 3. The first kappa shape index (κ1) is 17.0. The van der Waals surface area contributed by atoms with Crippen molar-refractivity contribution in [3.8, 4) is 0 Å². The minimum Gasteiger partial charge on any atom is -0.335 e. The molecule has 7 heteroatoms. The predicted molar refractivity (Wildman–Crippen MR) is 95.1 cm³/mol. The molecule has 2 amide bonds. The molecule has 3 atom stereocenters. The highest BCUT2D eigenvalue weighted by atomic mass is 32.2. The van der Waals surface area contributed by atoms with E-state index in [-0.39, 0.29) is 35.6 Å². The third-order valence-corrected chi connectivity index (χ3v) is 6.81. The molecule has 2 N–H and O–H groups in total. The van der Waals surface area contributed by atoms with Gasteiger partial charge in [0.05, 0.1) is 16.7 Å². The molecule has 1 heterocycles. The van der Waals surface area contributed by atoms with E-state index < -0.39 is 9.84 Å². The molecule has 0 unspecified atom stereocenters. The van der Waals surface area contributed by atoms with Gasteiger partial charge in [-0.3, -0.25) is 0 Å². The molecule has 1 fully saturated rings. The molecule has 2 aromatic carbocycles. The van der Waals surface area contributed by atoms with Gasteiger partial charge in [-0.15, -0.1) is 0 Å². The highest BCUT2D eigenvalue weighted by Gasteiger charge is 2.40. The van der Waals surface area contributed by atoms with Crippen LogP contribution in [0, 0.1) is 5.82 Å². The summed E-state index contributed by atoms with van der Waals surface area (Å²) in [5.74, 6) is -0.141. The largest absolute Gasteiger partial charge is 0.335 e. The Balaban J connectivity index is 1.41. The smallest absolute Gasteiger partial charge is 0.315 e. The van der Waals surface area contributed by atoms with Gasteiger partial charge in [-0.05, 0) is 42.2 Å². The molecule has 2 aromatic rings. The second-order valence-corrected chi connectivity index (χ2v) is 8.90. The van der Waals surface area contributed by atoms with Gasteiger partial charge in [0.25, 0.3) is 0 Å². The van der Waals surface area contributed by atoms with Gasteiger partial charge in [0.1, 0.15) is 5.82 Å². The maximum Gasteiger partial charge on any atom is 0.315 e. The minimum atomic E-state index is -3.28. The van der Waals surface area contributed by atoms with Gasteiger partial charge in [-0.25, -0.2) is 17.6 Å². The van der Waals surface area contributed by atoms with Crippen LogP contribution in [0.3, 0.4) is 0 Å².